The summed E-state index contributed by atoms with van der Waals surface area (Å²) < 4.78 is 0. The lowest BCUT2D eigenvalue weighted by atomic mass is 10.1. The molecule has 92 valence electrons. The number of carbonyl (C=O) groups is 1. The van der Waals surface area contributed by atoms with Crippen molar-refractivity contribution in [3.8, 4) is 0 Å². The first kappa shape index (κ1) is 13.5. The Morgan fingerprint density at radius 3 is 2.94 bits per heavy atom. The maximum Gasteiger partial charge on any atom is 0.221 e. The van der Waals surface area contributed by atoms with Crippen molar-refractivity contribution in [1.29, 1.82) is 0 Å². The molecule has 3 nitrogen and oxygen atoms in total. The highest BCUT2D eigenvalue weighted by Crippen LogP contribution is 2.17. The predicted octanol–water partition coefficient (Wildman–Crippen LogP) is 2.87. The molecule has 0 heterocycles. The second kappa shape index (κ2) is 6.86. The van der Waals surface area contributed by atoms with E-state index >= 15 is 0 Å². The lowest BCUT2D eigenvalue weighted by Gasteiger charge is -2.14. The molecule has 0 spiro atoms. The number of amides is 1. The Balaban J connectivity index is 2.63. The summed E-state index contributed by atoms with van der Waals surface area (Å²) in [5, 5.41) is 6.18. The number of hydrogen-bond acceptors (Lipinski definition) is 2. The van der Waals surface area contributed by atoms with Crippen LogP contribution < -0.4 is 10.6 Å². The standard InChI is InChI=1S/C14H20N2O/c1-4-5-9-15-11(2)13-7-6-8-14(10-13)16-12(3)17/h4,6-8,10-11,15H,1,5,9H2,2-3H3,(H,16,17). The van der Waals surface area contributed by atoms with Crippen LogP contribution in [0.15, 0.2) is 36.9 Å². The number of anilines is 1. The molecule has 0 radical (unpaired) electrons. The molecule has 0 aliphatic heterocycles. The molecule has 0 saturated heterocycles. The van der Waals surface area contributed by atoms with Crippen LogP contribution in [-0.4, -0.2) is 12.5 Å². The van der Waals surface area contributed by atoms with Gasteiger partial charge in [-0.2, -0.15) is 0 Å². The molecule has 0 aliphatic carbocycles. The lowest BCUT2D eigenvalue weighted by molar-refractivity contribution is -0.114. The highest BCUT2D eigenvalue weighted by atomic mass is 16.1. The van der Waals surface area contributed by atoms with Gasteiger partial charge in [-0.3, -0.25) is 4.79 Å². The normalized spacial score (nSPS) is 11.9. The van der Waals surface area contributed by atoms with Gasteiger partial charge < -0.3 is 10.6 Å². The van der Waals surface area contributed by atoms with Gasteiger partial charge in [-0.15, -0.1) is 6.58 Å². The Morgan fingerprint density at radius 1 is 1.53 bits per heavy atom. The van der Waals surface area contributed by atoms with Gasteiger partial charge in [0.2, 0.25) is 5.91 Å². The number of rotatable bonds is 6. The second-order valence-corrected chi connectivity index (χ2v) is 4.06. The minimum Gasteiger partial charge on any atom is -0.326 e. The average Bonchev–Trinajstić information content (AvgIpc) is 2.28. The molecule has 2 N–H and O–H groups in total. The maximum absolute atomic E-state index is 11.0. The lowest BCUT2D eigenvalue weighted by Crippen LogP contribution is -2.19. The fourth-order valence-corrected chi connectivity index (χ4v) is 1.61. The van der Waals surface area contributed by atoms with Crippen molar-refractivity contribution in [2.24, 2.45) is 0 Å². The summed E-state index contributed by atoms with van der Waals surface area (Å²) in [7, 11) is 0. The minimum absolute atomic E-state index is 0.0468. The molecule has 0 aromatic heterocycles. The smallest absolute Gasteiger partial charge is 0.221 e. The Hall–Kier alpha value is -1.61. The molecule has 1 amide bonds. The molecule has 0 saturated carbocycles. The van der Waals surface area contributed by atoms with E-state index < -0.39 is 0 Å². The van der Waals surface area contributed by atoms with Gasteiger partial charge in [0.05, 0.1) is 0 Å². The molecular formula is C14H20N2O. The van der Waals surface area contributed by atoms with Gasteiger partial charge in [0.15, 0.2) is 0 Å². The summed E-state index contributed by atoms with van der Waals surface area (Å²) >= 11 is 0. The SMILES string of the molecule is C=CCCNC(C)c1cccc(NC(C)=O)c1. The van der Waals surface area contributed by atoms with Crippen molar-refractivity contribution >= 4 is 11.6 Å². The zero-order chi connectivity index (χ0) is 12.7. The Morgan fingerprint density at radius 2 is 2.29 bits per heavy atom. The maximum atomic E-state index is 11.0. The quantitative estimate of drug-likeness (QED) is 0.585. The zero-order valence-corrected chi connectivity index (χ0v) is 10.5. The molecule has 0 aliphatic rings. The van der Waals surface area contributed by atoms with Crippen molar-refractivity contribution < 1.29 is 4.79 Å². The third-order valence-corrected chi connectivity index (χ3v) is 2.51. The van der Waals surface area contributed by atoms with Crippen molar-refractivity contribution in [2.45, 2.75) is 26.3 Å². The molecule has 0 bridgehead atoms. The molecule has 3 heteroatoms. The first-order valence-corrected chi connectivity index (χ1v) is 5.85. The number of carbonyl (C=O) groups excluding carboxylic acids is 1. The van der Waals surface area contributed by atoms with Crippen LogP contribution in [0.2, 0.25) is 0 Å². The number of nitrogens with one attached hydrogen (secondary N) is 2. The first-order chi connectivity index (χ1) is 8.13. The highest BCUT2D eigenvalue weighted by Gasteiger charge is 2.05. The molecular weight excluding hydrogens is 212 g/mol. The van der Waals surface area contributed by atoms with E-state index in [1.807, 2.05) is 24.3 Å². The fourth-order valence-electron chi connectivity index (χ4n) is 1.61. The van der Waals surface area contributed by atoms with Gasteiger partial charge >= 0.3 is 0 Å². The molecule has 1 rings (SSSR count). The Bertz CT molecular complexity index is 388. The van der Waals surface area contributed by atoms with E-state index in [9.17, 15) is 4.79 Å². The van der Waals surface area contributed by atoms with Crippen molar-refractivity contribution in [3.63, 3.8) is 0 Å². The highest BCUT2D eigenvalue weighted by molar-refractivity contribution is 5.88. The largest absolute Gasteiger partial charge is 0.326 e. The summed E-state index contributed by atoms with van der Waals surface area (Å²) in [6, 6.07) is 8.15. The van der Waals surface area contributed by atoms with Gasteiger partial charge in [0.1, 0.15) is 0 Å². The van der Waals surface area contributed by atoms with Gasteiger partial charge in [-0.25, -0.2) is 0 Å². The zero-order valence-electron chi connectivity index (χ0n) is 10.5. The molecule has 1 aromatic rings. The summed E-state index contributed by atoms with van der Waals surface area (Å²) in [6.45, 7) is 8.22. The van der Waals surface area contributed by atoms with Crippen LogP contribution in [0.5, 0.6) is 0 Å². The molecule has 1 unspecified atom stereocenters. The van der Waals surface area contributed by atoms with Crippen LogP contribution in [0.3, 0.4) is 0 Å². The van der Waals surface area contributed by atoms with E-state index in [0.29, 0.717) is 0 Å². The molecule has 17 heavy (non-hydrogen) atoms. The summed E-state index contributed by atoms with van der Waals surface area (Å²) in [5.41, 5.74) is 2.01. The number of benzene rings is 1. The van der Waals surface area contributed by atoms with E-state index in [0.717, 1.165) is 18.7 Å². The Labute approximate surface area is 103 Å². The van der Waals surface area contributed by atoms with Gasteiger partial charge in [-0.05, 0) is 37.6 Å². The van der Waals surface area contributed by atoms with Crippen LogP contribution in [0.25, 0.3) is 0 Å². The third-order valence-electron chi connectivity index (χ3n) is 2.51. The molecule has 0 fully saturated rings. The first-order valence-electron chi connectivity index (χ1n) is 5.85. The third kappa shape index (κ3) is 4.83. The molecule has 1 atom stereocenters. The summed E-state index contributed by atoms with van der Waals surface area (Å²) in [6.07, 6.45) is 2.85. The van der Waals surface area contributed by atoms with E-state index in [1.165, 1.54) is 12.5 Å². The summed E-state index contributed by atoms with van der Waals surface area (Å²) in [4.78, 5) is 11.0. The van der Waals surface area contributed by atoms with Crippen molar-refractivity contribution in [2.75, 3.05) is 11.9 Å². The monoisotopic (exact) mass is 232 g/mol. The minimum atomic E-state index is -0.0468. The number of hydrogen-bond donors (Lipinski definition) is 2. The summed E-state index contributed by atoms with van der Waals surface area (Å²) in [5.74, 6) is -0.0468. The second-order valence-electron chi connectivity index (χ2n) is 4.06. The van der Waals surface area contributed by atoms with Gasteiger partial charge in [-0.1, -0.05) is 18.2 Å². The van der Waals surface area contributed by atoms with E-state index in [1.54, 1.807) is 0 Å². The topological polar surface area (TPSA) is 41.1 Å². The predicted molar refractivity (Wildman–Crippen MR) is 72.0 cm³/mol. The Kier molecular flexibility index (Phi) is 5.43. The average molecular weight is 232 g/mol. The van der Waals surface area contributed by atoms with Crippen LogP contribution >= 0.6 is 0 Å². The van der Waals surface area contributed by atoms with E-state index in [4.69, 9.17) is 0 Å². The van der Waals surface area contributed by atoms with Gasteiger partial charge in [0.25, 0.3) is 0 Å². The molecule has 1 aromatic carbocycles. The van der Waals surface area contributed by atoms with E-state index in [2.05, 4.69) is 30.2 Å². The van der Waals surface area contributed by atoms with Crippen molar-refractivity contribution in [1.82, 2.24) is 5.32 Å². The fraction of sp³-hybridized carbons (Fsp3) is 0.357. The van der Waals surface area contributed by atoms with Crippen LogP contribution in [-0.2, 0) is 4.79 Å². The van der Waals surface area contributed by atoms with Crippen molar-refractivity contribution in [3.05, 3.63) is 42.5 Å². The van der Waals surface area contributed by atoms with Crippen LogP contribution in [0.1, 0.15) is 31.9 Å². The van der Waals surface area contributed by atoms with Crippen LogP contribution in [0.4, 0.5) is 5.69 Å². The van der Waals surface area contributed by atoms with Gasteiger partial charge in [0, 0.05) is 18.7 Å². The van der Waals surface area contributed by atoms with E-state index in [-0.39, 0.29) is 11.9 Å². The van der Waals surface area contributed by atoms with Crippen LogP contribution in [0, 0.1) is 0 Å².